The lowest BCUT2D eigenvalue weighted by Crippen LogP contribution is -2.39. The van der Waals surface area contributed by atoms with E-state index >= 15 is 0 Å². The molecule has 1 aliphatic carbocycles. The molecule has 2 rings (SSSR count). The molecule has 1 nitrogen and oxygen atoms in total. The van der Waals surface area contributed by atoms with Crippen LogP contribution in [0, 0.1) is 5.92 Å². The minimum Gasteiger partial charge on any atom is -0.310 e. The topological polar surface area (TPSA) is 12.0 Å². The predicted octanol–water partition coefficient (Wildman–Crippen LogP) is 3.88. The molecule has 1 aliphatic rings. The summed E-state index contributed by atoms with van der Waals surface area (Å²) in [5, 5.41) is 4.98. The fourth-order valence-electron chi connectivity index (χ4n) is 2.02. The largest absolute Gasteiger partial charge is 0.310 e. The zero-order valence-corrected chi connectivity index (χ0v) is 10.3. The summed E-state index contributed by atoms with van der Waals surface area (Å²) in [6.45, 7) is 3.05. The van der Waals surface area contributed by atoms with Crippen molar-refractivity contribution < 1.29 is 0 Å². The summed E-state index contributed by atoms with van der Waals surface area (Å²) < 4.78 is 0. The highest BCUT2D eigenvalue weighted by molar-refractivity contribution is 6.35. The molecule has 0 aromatic heterocycles. The molecular formula is C12H15Cl2N. The van der Waals surface area contributed by atoms with E-state index in [-0.39, 0.29) is 0 Å². The molecule has 1 aromatic carbocycles. The maximum absolute atomic E-state index is 6.08. The van der Waals surface area contributed by atoms with Crippen molar-refractivity contribution in [3.8, 4) is 0 Å². The van der Waals surface area contributed by atoms with Gasteiger partial charge in [0.25, 0.3) is 0 Å². The first-order valence-electron chi connectivity index (χ1n) is 5.33. The van der Waals surface area contributed by atoms with Gasteiger partial charge in [0.1, 0.15) is 0 Å². The van der Waals surface area contributed by atoms with Crippen molar-refractivity contribution in [1.82, 2.24) is 5.32 Å². The van der Waals surface area contributed by atoms with Gasteiger partial charge in [0.05, 0.1) is 0 Å². The fourth-order valence-corrected chi connectivity index (χ4v) is 2.55. The lowest BCUT2D eigenvalue weighted by Gasteiger charge is -2.33. The number of benzene rings is 1. The van der Waals surface area contributed by atoms with Gasteiger partial charge in [0.2, 0.25) is 0 Å². The Hall–Kier alpha value is -0.240. The molecule has 0 amide bonds. The summed E-state index contributed by atoms with van der Waals surface area (Å²) in [7, 11) is 0. The second-order valence-corrected chi connectivity index (χ2v) is 5.17. The van der Waals surface area contributed by atoms with E-state index in [0.29, 0.717) is 6.04 Å². The normalized spacial score (nSPS) is 25.0. The highest BCUT2D eigenvalue weighted by Crippen LogP contribution is 2.28. The van der Waals surface area contributed by atoms with Gasteiger partial charge in [-0.2, -0.15) is 0 Å². The summed E-state index contributed by atoms with van der Waals surface area (Å²) in [6.07, 6.45) is 2.53. The van der Waals surface area contributed by atoms with Gasteiger partial charge < -0.3 is 5.32 Å². The minimum atomic E-state index is 0.646. The molecule has 0 heterocycles. The molecule has 0 bridgehead atoms. The van der Waals surface area contributed by atoms with E-state index in [4.69, 9.17) is 23.2 Å². The Balaban J connectivity index is 1.93. The van der Waals surface area contributed by atoms with Gasteiger partial charge in [-0.15, -0.1) is 0 Å². The Morgan fingerprint density at radius 1 is 1.27 bits per heavy atom. The van der Waals surface area contributed by atoms with E-state index in [1.807, 2.05) is 18.2 Å². The predicted molar refractivity (Wildman–Crippen MR) is 65.5 cm³/mol. The van der Waals surface area contributed by atoms with E-state index in [1.165, 1.54) is 12.8 Å². The Morgan fingerprint density at radius 2 is 1.87 bits per heavy atom. The third-order valence-electron chi connectivity index (χ3n) is 3.00. The zero-order chi connectivity index (χ0) is 10.8. The van der Waals surface area contributed by atoms with Crippen LogP contribution >= 0.6 is 23.2 Å². The van der Waals surface area contributed by atoms with E-state index in [1.54, 1.807) is 0 Å². The van der Waals surface area contributed by atoms with Gasteiger partial charge in [-0.25, -0.2) is 0 Å². The third kappa shape index (κ3) is 2.66. The molecular weight excluding hydrogens is 229 g/mol. The first-order valence-corrected chi connectivity index (χ1v) is 6.08. The monoisotopic (exact) mass is 243 g/mol. The van der Waals surface area contributed by atoms with Crippen LogP contribution in [0.15, 0.2) is 18.2 Å². The molecule has 0 radical (unpaired) electrons. The molecule has 1 fully saturated rings. The van der Waals surface area contributed by atoms with Gasteiger partial charge >= 0.3 is 0 Å². The van der Waals surface area contributed by atoms with Crippen LogP contribution in [-0.4, -0.2) is 6.04 Å². The van der Waals surface area contributed by atoms with Crippen molar-refractivity contribution in [3.05, 3.63) is 33.8 Å². The van der Waals surface area contributed by atoms with Crippen molar-refractivity contribution in [3.63, 3.8) is 0 Å². The molecule has 3 heteroatoms. The summed E-state index contributed by atoms with van der Waals surface area (Å²) >= 11 is 12.2. The molecule has 15 heavy (non-hydrogen) atoms. The maximum atomic E-state index is 6.08. The third-order valence-corrected chi connectivity index (χ3v) is 3.71. The van der Waals surface area contributed by atoms with Crippen molar-refractivity contribution in [2.75, 3.05) is 0 Å². The fraction of sp³-hybridized carbons (Fsp3) is 0.500. The Labute approximate surface area is 101 Å². The second kappa shape index (κ2) is 4.73. The Kier molecular flexibility index (Phi) is 3.55. The molecule has 1 saturated carbocycles. The molecule has 0 spiro atoms. The minimum absolute atomic E-state index is 0.646. The summed E-state index contributed by atoms with van der Waals surface area (Å²) in [4.78, 5) is 0. The number of hydrogen-bond acceptors (Lipinski definition) is 1. The number of rotatable bonds is 3. The van der Waals surface area contributed by atoms with Crippen LogP contribution in [0.3, 0.4) is 0 Å². The van der Waals surface area contributed by atoms with Gasteiger partial charge in [-0.1, -0.05) is 36.2 Å². The van der Waals surface area contributed by atoms with Crippen molar-refractivity contribution in [2.45, 2.75) is 32.4 Å². The van der Waals surface area contributed by atoms with Crippen LogP contribution in [0.25, 0.3) is 0 Å². The van der Waals surface area contributed by atoms with E-state index < -0.39 is 0 Å². The van der Waals surface area contributed by atoms with Crippen molar-refractivity contribution >= 4 is 23.2 Å². The van der Waals surface area contributed by atoms with Crippen LogP contribution in [0.1, 0.15) is 25.3 Å². The highest BCUT2D eigenvalue weighted by Gasteiger charge is 2.24. The van der Waals surface area contributed by atoms with E-state index in [2.05, 4.69) is 12.2 Å². The van der Waals surface area contributed by atoms with Crippen molar-refractivity contribution in [1.29, 1.82) is 0 Å². The lowest BCUT2D eigenvalue weighted by molar-refractivity contribution is 0.240. The molecule has 0 atom stereocenters. The first-order chi connectivity index (χ1) is 7.16. The number of halogens is 2. The maximum Gasteiger partial charge on any atom is 0.0465 e. The molecule has 1 N–H and O–H groups in total. The quantitative estimate of drug-likeness (QED) is 0.850. The lowest BCUT2D eigenvalue weighted by atomic mass is 9.82. The van der Waals surface area contributed by atoms with Crippen LogP contribution in [-0.2, 0) is 6.54 Å². The molecule has 0 aliphatic heterocycles. The molecule has 82 valence electrons. The van der Waals surface area contributed by atoms with Gasteiger partial charge in [-0.05, 0) is 30.9 Å². The highest BCUT2D eigenvalue weighted by atomic mass is 35.5. The SMILES string of the molecule is CC1CC(NCc2c(Cl)cccc2Cl)C1. The van der Waals surface area contributed by atoms with Crippen molar-refractivity contribution in [2.24, 2.45) is 5.92 Å². The first kappa shape index (κ1) is 11.3. The summed E-state index contributed by atoms with van der Waals surface area (Å²) in [6, 6.07) is 6.29. The van der Waals surface area contributed by atoms with Crippen LogP contribution in [0.5, 0.6) is 0 Å². The zero-order valence-electron chi connectivity index (χ0n) is 8.76. The molecule has 1 aromatic rings. The van der Waals surface area contributed by atoms with Gasteiger partial charge in [0, 0.05) is 28.2 Å². The van der Waals surface area contributed by atoms with E-state index in [0.717, 1.165) is 28.1 Å². The van der Waals surface area contributed by atoms with E-state index in [9.17, 15) is 0 Å². The standard InChI is InChI=1S/C12H15Cl2N/c1-8-5-9(6-8)15-7-10-11(13)3-2-4-12(10)14/h2-4,8-9,15H,5-7H2,1H3. The van der Waals surface area contributed by atoms with Gasteiger partial charge in [-0.3, -0.25) is 0 Å². The van der Waals surface area contributed by atoms with Crippen LogP contribution < -0.4 is 5.32 Å². The average Bonchev–Trinajstić information content (AvgIpc) is 2.14. The Morgan fingerprint density at radius 3 is 2.40 bits per heavy atom. The second-order valence-electron chi connectivity index (χ2n) is 4.35. The number of hydrogen-bond donors (Lipinski definition) is 1. The van der Waals surface area contributed by atoms with Crippen LogP contribution in [0.4, 0.5) is 0 Å². The smallest absolute Gasteiger partial charge is 0.0465 e. The molecule has 0 unspecified atom stereocenters. The average molecular weight is 244 g/mol. The Bertz CT molecular complexity index is 325. The summed E-state index contributed by atoms with van der Waals surface area (Å²) in [5.74, 6) is 0.865. The van der Waals surface area contributed by atoms with Crippen LogP contribution in [0.2, 0.25) is 10.0 Å². The molecule has 0 saturated heterocycles. The number of nitrogens with one attached hydrogen (secondary N) is 1. The summed E-state index contributed by atoms with van der Waals surface area (Å²) in [5.41, 5.74) is 1.01. The van der Waals surface area contributed by atoms with Gasteiger partial charge in [0.15, 0.2) is 0 Å².